The summed E-state index contributed by atoms with van der Waals surface area (Å²) in [6.07, 6.45) is 4.63. The van der Waals surface area contributed by atoms with Gasteiger partial charge in [-0.25, -0.2) is 0 Å². The van der Waals surface area contributed by atoms with Crippen LogP contribution in [0.5, 0.6) is 5.75 Å². The lowest BCUT2D eigenvalue weighted by molar-refractivity contribution is 0.0909. The fraction of sp³-hybridized carbons (Fsp3) is 0.368. The van der Waals surface area contributed by atoms with E-state index in [2.05, 4.69) is 6.92 Å². The molecule has 1 aromatic carbocycles. The van der Waals surface area contributed by atoms with Crippen LogP contribution in [0.4, 0.5) is 0 Å². The molecule has 0 radical (unpaired) electrons. The van der Waals surface area contributed by atoms with Crippen molar-refractivity contribution in [2.45, 2.75) is 32.8 Å². The van der Waals surface area contributed by atoms with Crippen molar-refractivity contribution in [1.29, 1.82) is 0 Å². The van der Waals surface area contributed by atoms with Crippen LogP contribution in [-0.2, 0) is 9.47 Å². The van der Waals surface area contributed by atoms with Crippen molar-refractivity contribution in [3.8, 4) is 5.75 Å². The Morgan fingerprint density at radius 3 is 2.54 bits per heavy atom. The lowest BCUT2D eigenvalue weighted by Gasteiger charge is -2.30. The van der Waals surface area contributed by atoms with E-state index >= 15 is 0 Å². The van der Waals surface area contributed by atoms with Crippen molar-refractivity contribution in [1.82, 2.24) is 0 Å². The smallest absolute Gasteiger partial charge is 0.228 e. The van der Waals surface area contributed by atoms with Crippen LogP contribution >= 0.6 is 0 Å². The second-order valence-electron chi connectivity index (χ2n) is 5.89. The van der Waals surface area contributed by atoms with Gasteiger partial charge in [-0.15, -0.1) is 0 Å². The van der Waals surface area contributed by atoms with Crippen molar-refractivity contribution in [2.75, 3.05) is 14.2 Å². The molecule has 1 unspecified atom stereocenters. The Balaban J connectivity index is 2.29. The van der Waals surface area contributed by atoms with Gasteiger partial charge in [-0.3, -0.25) is 9.59 Å². The molecular weight excluding hydrogens is 308 g/mol. The van der Waals surface area contributed by atoms with Gasteiger partial charge in [0.25, 0.3) is 0 Å². The number of methoxy groups -OCH3 is 2. The Morgan fingerprint density at radius 1 is 1.17 bits per heavy atom. The van der Waals surface area contributed by atoms with Gasteiger partial charge < -0.3 is 14.2 Å². The van der Waals surface area contributed by atoms with Gasteiger partial charge in [0.05, 0.1) is 25.5 Å². The molecule has 1 aliphatic heterocycles. The van der Waals surface area contributed by atoms with Gasteiger partial charge in [0.2, 0.25) is 5.78 Å². The molecule has 0 fully saturated rings. The molecule has 0 bridgehead atoms. The van der Waals surface area contributed by atoms with E-state index in [4.69, 9.17) is 14.2 Å². The number of fused-ring (bicyclic) bond motifs is 2. The number of carbonyl (C=O) groups excluding carboxylic acids is 2. The Bertz CT molecular complexity index is 785. The number of ketones is 2. The van der Waals surface area contributed by atoms with Crippen LogP contribution in [0, 0.1) is 0 Å². The predicted molar refractivity (Wildman–Crippen MR) is 89.1 cm³/mol. The van der Waals surface area contributed by atoms with E-state index in [-0.39, 0.29) is 23.4 Å². The molecule has 0 N–H and O–H groups in total. The predicted octanol–water partition coefficient (Wildman–Crippen LogP) is 3.84. The first-order chi connectivity index (χ1) is 11.5. The van der Waals surface area contributed by atoms with Gasteiger partial charge in [0.15, 0.2) is 11.5 Å². The van der Waals surface area contributed by atoms with Crippen LogP contribution in [0.2, 0.25) is 0 Å². The molecule has 0 aromatic heterocycles. The van der Waals surface area contributed by atoms with Gasteiger partial charge >= 0.3 is 0 Å². The van der Waals surface area contributed by atoms with Crippen molar-refractivity contribution in [3.63, 3.8) is 0 Å². The average molecular weight is 328 g/mol. The van der Waals surface area contributed by atoms with E-state index in [9.17, 15) is 9.59 Å². The number of ether oxygens (including phenoxy) is 3. The molecule has 1 aliphatic carbocycles. The molecule has 0 saturated carbocycles. The zero-order valence-electron chi connectivity index (χ0n) is 14.3. The minimum atomic E-state index is -0.308. The highest BCUT2D eigenvalue weighted by Crippen LogP contribution is 2.44. The van der Waals surface area contributed by atoms with E-state index in [0.717, 1.165) is 29.7 Å². The molecule has 126 valence electrons. The van der Waals surface area contributed by atoms with E-state index < -0.39 is 0 Å². The zero-order chi connectivity index (χ0) is 17.4. The van der Waals surface area contributed by atoms with Crippen molar-refractivity contribution >= 4 is 17.6 Å². The number of carbonyl (C=O) groups is 2. The van der Waals surface area contributed by atoms with Gasteiger partial charge in [-0.1, -0.05) is 13.3 Å². The van der Waals surface area contributed by atoms with E-state index in [1.807, 2.05) is 13.0 Å². The maximum atomic E-state index is 12.6. The third-order valence-electron chi connectivity index (χ3n) is 4.31. The summed E-state index contributed by atoms with van der Waals surface area (Å²) < 4.78 is 16.5. The Morgan fingerprint density at radius 2 is 1.92 bits per heavy atom. The highest BCUT2D eigenvalue weighted by molar-refractivity contribution is 6.25. The fourth-order valence-electron chi connectivity index (χ4n) is 3.32. The standard InChI is InChI=1S/C19H20O5/c1-5-6-14-16-11(7-10(2)24-14)8-12-17(19(16)23-4)13(20)9-15(22-3)18(12)21/h7-9,14H,5-6H2,1-4H3. The monoisotopic (exact) mass is 328 g/mol. The number of hydrogen-bond donors (Lipinski definition) is 0. The quantitative estimate of drug-likeness (QED) is 0.840. The minimum Gasteiger partial charge on any atom is -0.495 e. The summed E-state index contributed by atoms with van der Waals surface area (Å²) in [5.74, 6) is 0.655. The first kappa shape index (κ1) is 16.3. The fourth-order valence-corrected chi connectivity index (χ4v) is 3.32. The lowest BCUT2D eigenvalue weighted by Crippen LogP contribution is -2.22. The molecule has 24 heavy (non-hydrogen) atoms. The molecule has 0 saturated heterocycles. The molecule has 5 nitrogen and oxygen atoms in total. The van der Waals surface area contributed by atoms with Gasteiger partial charge in [0.1, 0.15) is 11.9 Å². The number of rotatable bonds is 4. The zero-order valence-corrected chi connectivity index (χ0v) is 14.3. The highest BCUT2D eigenvalue weighted by atomic mass is 16.5. The SMILES string of the molecule is CCCC1OC(C)=Cc2cc3c(c(OC)c21)C(=O)C=C(OC)C3=O. The number of allylic oxidation sites excluding steroid dienone is 3. The third kappa shape index (κ3) is 2.40. The van der Waals surface area contributed by atoms with Gasteiger partial charge in [-0.05, 0) is 31.1 Å². The summed E-state index contributed by atoms with van der Waals surface area (Å²) in [6, 6.07) is 1.74. The summed E-state index contributed by atoms with van der Waals surface area (Å²) in [5, 5.41) is 0. The maximum absolute atomic E-state index is 12.6. The molecule has 3 rings (SSSR count). The van der Waals surface area contributed by atoms with E-state index in [1.165, 1.54) is 20.3 Å². The Hall–Kier alpha value is -2.56. The molecule has 5 heteroatoms. The lowest BCUT2D eigenvalue weighted by atomic mass is 9.84. The largest absolute Gasteiger partial charge is 0.495 e. The average Bonchev–Trinajstić information content (AvgIpc) is 2.56. The molecule has 2 aliphatic rings. The molecule has 0 spiro atoms. The second kappa shape index (κ2) is 6.15. The van der Waals surface area contributed by atoms with Crippen LogP contribution in [-0.4, -0.2) is 25.8 Å². The molecule has 1 aromatic rings. The van der Waals surface area contributed by atoms with Crippen molar-refractivity contribution in [3.05, 3.63) is 45.9 Å². The molecular formula is C19H20O5. The van der Waals surface area contributed by atoms with Crippen molar-refractivity contribution in [2.24, 2.45) is 0 Å². The molecule has 0 amide bonds. The topological polar surface area (TPSA) is 61.8 Å². The summed E-state index contributed by atoms with van der Waals surface area (Å²) in [6.45, 7) is 3.95. The number of benzene rings is 1. The van der Waals surface area contributed by atoms with Gasteiger partial charge in [0, 0.05) is 17.2 Å². The summed E-state index contributed by atoms with van der Waals surface area (Å²) >= 11 is 0. The normalized spacial score (nSPS) is 18.9. The van der Waals surface area contributed by atoms with Crippen LogP contribution in [0.1, 0.15) is 64.6 Å². The van der Waals surface area contributed by atoms with Crippen LogP contribution < -0.4 is 4.74 Å². The maximum Gasteiger partial charge on any atom is 0.228 e. The number of Topliss-reactive ketones (excluding diaryl/α,β-unsaturated/α-hetero) is 1. The third-order valence-corrected chi connectivity index (χ3v) is 4.31. The Labute approximate surface area is 140 Å². The first-order valence-electron chi connectivity index (χ1n) is 7.96. The summed E-state index contributed by atoms with van der Waals surface area (Å²) in [7, 11) is 2.89. The highest BCUT2D eigenvalue weighted by Gasteiger charge is 2.35. The van der Waals surface area contributed by atoms with Gasteiger partial charge in [-0.2, -0.15) is 0 Å². The van der Waals surface area contributed by atoms with Crippen LogP contribution in [0.25, 0.3) is 6.08 Å². The number of hydrogen-bond acceptors (Lipinski definition) is 5. The van der Waals surface area contributed by atoms with E-state index in [1.54, 1.807) is 6.07 Å². The van der Waals surface area contributed by atoms with Crippen molar-refractivity contribution < 1.29 is 23.8 Å². The molecule has 1 atom stereocenters. The first-order valence-corrected chi connectivity index (χ1v) is 7.96. The summed E-state index contributed by atoms with van der Waals surface area (Å²) in [5.41, 5.74) is 2.29. The second-order valence-corrected chi connectivity index (χ2v) is 5.89. The van der Waals surface area contributed by atoms with Crippen LogP contribution in [0.15, 0.2) is 23.7 Å². The minimum absolute atomic E-state index is 0.0485. The Kier molecular flexibility index (Phi) is 4.18. The summed E-state index contributed by atoms with van der Waals surface area (Å²) in [4.78, 5) is 25.1. The molecule has 1 heterocycles. The van der Waals surface area contributed by atoms with E-state index in [0.29, 0.717) is 16.9 Å². The van der Waals surface area contributed by atoms with Crippen LogP contribution in [0.3, 0.4) is 0 Å².